The lowest BCUT2D eigenvalue weighted by Gasteiger charge is -2.35. The standard InChI is InChI=1S/C37H39Cl2N3O4S/c1-27-13-11-12-16-29(27)25-41(35(21-28-14-5-2-6-15-28)37(44)40-32-17-7-3-8-18-32)36(43)26-42(33-23-30(38)22-31(39)24-33)47(45,46)34-19-9-4-10-20-34/h2,4-6,9-16,19-20,22-24,32,35H,3,7-8,17-18,21,25-26H2,1H3,(H,40,44)/t35-/m1/s1. The maximum Gasteiger partial charge on any atom is 0.264 e. The van der Waals surface area contributed by atoms with E-state index in [-0.39, 0.29) is 45.5 Å². The van der Waals surface area contributed by atoms with E-state index in [4.69, 9.17) is 23.2 Å². The first-order valence-corrected chi connectivity index (χ1v) is 18.0. The summed E-state index contributed by atoms with van der Waals surface area (Å²) >= 11 is 12.7. The van der Waals surface area contributed by atoms with Gasteiger partial charge >= 0.3 is 0 Å². The van der Waals surface area contributed by atoms with E-state index in [1.807, 2.05) is 61.5 Å². The maximum absolute atomic E-state index is 14.7. The van der Waals surface area contributed by atoms with Gasteiger partial charge in [-0.2, -0.15) is 0 Å². The average Bonchev–Trinajstić information content (AvgIpc) is 3.06. The number of benzene rings is 4. The van der Waals surface area contributed by atoms with Crippen LogP contribution in [0.4, 0.5) is 5.69 Å². The van der Waals surface area contributed by atoms with E-state index in [2.05, 4.69) is 5.32 Å². The Labute approximate surface area is 287 Å². The smallest absolute Gasteiger partial charge is 0.264 e. The third-order valence-corrected chi connectivity index (χ3v) is 10.8. The van der Waals surface area contributed by atoms with Crippen molar-refractivity contribution in [1.29, 1.82) is 0 Å². The maximum atomic E-state index is 14.7. The molecule has 1 fully saturated rings. The highest BCUT2D eigenvalue weighted by Gasteiger charge is 2.35. The SMILES string of the molecule is Cc1ccccc1CN(C(=O)CN(c1cc(Cl)cc(Cl)c1)S(=O)(=O)c1ccccc1)[C@H](Cc1ccccc1)C(=O)NC1CCCCC1. The summed E-state index contributed by atoms with van der Waals surface area (Å²) in [4.78, 5) is 30.4. The van der Waals surface area contributed by atoms with Gasteiger partial charge in [0.2, 0.25) is 11.8 Å². The van der Waals surface area contributed by atoms with Crippen LogP contribution in [0.2, 0.25) is 10.0 Å². The van der Waals surface area contributed by atoms with Crippen LogP contribution in [0.1, 0.15) is 48.8 Å². The number of carbonyl (C=O) groups excluding carboxylic acids is 2. The molecule has 1 aliphatic carbocycles. The van der Waals surface area contributed by atoms with E-state index in [1.54, 1.807) is 18.2 Å². The van der Waals surface area contributed by atoms with Crippen molar-refractivity contribution in [2.24, 2.45) is 0 Å². The molecule has 1 aliphatic rings. The van der Waals surface area contributed by atoms with E-state index >= 15 is 0 Å². The fraction of sp³-hybridized carbons (Fsp3) is 0.297. The lowest BCUT2D eigenvalue weighted by atomic mass is 9.94. The molecule has 0 aromatic heterocycles. The van der Waals surface area contributed by atoms with Crippen molar-refractivity contribution in [1.82, 2.24) is 10.2 Å². The normalized spacial score (nSPS) is 14.3. The van der Waals surface area contributed by atoms with E-state index in [0.29, 0.717) is 0 Å². The number of rotatable bonds is 12. The van der Waals surface area contributed by atoms with Crippen molar-refractivity contribution in [2.75, 3.05) is 10.8 Å². The zero-order valence-corrected chi connectivity index (χ0v) is 28.6. The Balaban J connectivity index is 1.58. The summed E-state index contributed by atoms with van der Waals surface area (Å²) in [5, 5.41) is 3.67. The number of aryl methyl sites for hydroxylation is 1. The van der Waals surface area contributed by atoms with E-state index < -0.39 is 28.5 Å². The van der Waals surface area contributed by atoms with Crippen molar-refractivity contribution >= 4 is 50.7 Å². The molecule has 0 saturated heterocycles. The third-order valence-electron chi connectivity index (χ3n) is 8.57. The molecule has 7 nitrogen and oxygen atoms in total. The second-order valence-electron chi connectivity index (χ2n) is 11.9. The number of halogens is 2. The Morgan fingerprint density at radius 2 is 1.43 bits per heavy atom. The molecule has 1 saturated carbocycles. The Morgan fingerprint density at radius 1 is 0.830 bits per heavy atom. The van der Waals surface area contributed by atoms with Gasteiger partial charge in [-0.25, -0.2) is 8.42 Å². The molecular formula is C37H39Cl2N3O4S. The van der Waals surface area contributed by atoms with Gasteiger partial charge in [0, 0.05) is 29.1 Å². The summed E-state index contributed by atoms with van der Waals surface area (Å²) in [7, 11) is -4.26. The lowest BCUT2D eigenvalue weighted by Crippen LogP contribution is -2.55. The van der Waals surface area contributed by atoms with Crippen molar-refractivity contribution in [2.45, 2.75) is 69.0 Å². The second-order valence-corrected chi connectivity index (χ2v) is 14.7. The van der Waals surface area contributed by atoms with Gasteiger partial charge in [-0.3, -0.25) is 13.9 Å². The molecule has 10 heteroatoms. The van der Waals surface area contributed by atoms with Crippen LogP contribution in [0.25, 0.3) is 0 Å². The van der Waals surface area contributed by atoms with Crippen LogP contribution in [0.5, 0.6) is 0 Å². The fourth-order valence-electron chi connectivity index (χ4n) is 6.00. The van der Waals surface area contributed by atoms with Crippen LogP contribution in [-0.2, 0) is 32.6 Å². The number of carbonyl (C=O) groups is 2. The van der Waals surface area contributed by atoms with Crippen molar-refractivity contribution in [3.8, 4) is 0 Å². The second kappa shape index (κ2) is 15.8. The van der Waals surface area contributed by atoms with E-state index in [9.17, 15) is 18.0 Å². The van der Waals surface area contributed by atoms with Crippen molar-refractivity contribution in [3.05, 3.63) is 130 Å². The third kappa shape index (κ3) is 8.95. The molecule has 0 spiro atoms. The number of nitrogens with zero attached hydrogens (tertiary/aromatic N) is 2. The number of nitrogens with one attached hydrogen (secondary N) is 1. The molecular weight excluding hydrogens is 653 g/mol. The quantitative estimate of drug-likeness (QED) is 0.166. The molecule has 0 radical (unpaired) electrons. The minimum atomic E-state index is -4.26. The lowest BCUT2D eigenvalue weighted by molar-refractivity contribution is -0.140. The molecule has 5 rings (SSSR count). The monoisotopic (exact) mass is 691 g/mol. The first kappa shape index (κ1) is 34.5. The summed E-state index contributed by atoms with van der Waals surface area (Å²) in [5.41, 5.74) is 2.83. The minimum absolute atomic E-state index is 0.00484. The number of hydrogen-bond acceptors (Lipinski definition) is 4. The van der Waals surface area contributed by atoms with Crippen molar-refractivity contribution < 1.29 is 18.0 Å². The number of hydrogen-bond donors (Lipinski definition) is 1. The Morgan fingerprint density at radius 3 is 2.06 bits per heavy atom. The minimum Gasteiger partial charge on any atom is -0.352 e. The van der Waals surface area contributed by atoms with Crippen LogP contribution in [0.15, 0.2) is 108 Å². The molecule has 0 aliphatic heterocycles. The summed E-state index contributed by atoms with van der Waals surface area (Å²) in [6.07, 6.45) is 5.23. The molecule has 246 valence electrons. The molecule has 1 N–H and O–H groups in total. The molecule has 2 amide bonds. The van der Waals surface area contributed by atoms with E-state index in [1.165, 1.54) is 35.2 Å². The molecule has 1 atom stereocenters. The zero-order chi connectivity index (χ0) is 33.4. The number of anilines is 1. The van der Waals surface area contributed by atoms with Gasteiger partial charge in [-0.05, 0) is 66.8 Å². The van der Waals surface area contributed by atoms with Crippen LogP contribution >= 0.6 is 23.2 Å². The summed E-state index contributed by atoms with van der Waals surface area (Å²) in [5.74, 6) is -0.797. The summed E-state index contributed by atoms with van der Waals surface area (Å²) in [6.45, 7) is 1.48. The summed E-state index contributed by atoms with van der Waals surface area (Å²) in [6, 6.07) is 28.7. The first-order valence-electron chi connectivity index (χ1n) is 15.8. The molecule has 0 heterocycles. The number of sulfonamides is 1. The van der Waals surface area contributed by atoms with Gasteiger partial charge in [0.25, 0.3) is 10.0 Å². The van der Waals surface area contributed by atoms with Gasteiger partial charge in [0.15, 0.2) is 0 Å². The Hall–Kier alpha value is -3.85. The number of amides is 2. The predicted octanol–water partition coefficient (Wildman–Crippen LogP) is 7.59. The topological polar surface area (TPSA) is 86.8 Å². The van der Waals surface area contributed by atoms with Crippen LogP contribution in [-0.4, -0.2) is 43.8 Å². The van der Waals surface area contributed by atoms with Gasteiger partial charge in [-0.15, -0.1) is 0 Å². The predicted molar refractivity (Wildman–Crippen MR) is 188 cm³/mol. The van der Waals surface area contributed by atoms with Gasteiger partial charge < -0.3 is 10.2 Å². The van der Waals surface area contributed by atoms with Crippen molar-refractivity contribution in [3.63, 3.8) is 0 Å². The van der Waals surface area contributed by atoms with Crippen LogP contribution in [0, 0.1) is 6.92 Å². The van der Waals surface area contributed by atoms with Gasteiger partial charge in [-0.1, -0.05) is 115 Å². The zero-order valence-electron chi connectivity index (χ0n) is 26.3. The van der Waals surface area contributed by atoms with E-state index in [0.717, 1.165) is 53.1 Å². The molecule has 0 bridgehead atoms. The highest BCUT2D eigenvalue weighted by Crippen LogP contribution is 2.30. The Bertz CT molecular complexity index is 1760. The summed E-state index contributed by atoms with van der Waals surface area (Å²) < 4.78 is 29.4. The molecule has 47 heavy (non-hydrogen) atoms. The van der Waals surface area contributed by atoms with Crippen LogP contribution in [0.3, 0.4) is 0 Å². The Kier molecular flexibility index (Phi) is 11.6. The highest BCUT2D eigenvalue weighted by molar-refractivity contribution is 7.92. The van der Waals surface area contributed by atoms with Gasteiger partial charge in [0.05, 0.1) is 10.6 Å². The largest absolute Gasteiger partial charge is 0.352 e. The molecule has 0 unspecified atom stereocenters. The van der Waals surface area contributed by atoms with Crippen LogP contribution < -0.4 is 9.62 Å². The molecule has 4 aromatic rings. The average molecular weight is 693 g/mol. The highest BCUT2D eigenvalue weighted by atomic mass is 35.5. The van der Waals surface area contributed by atoms with Gasteiger partial charge in [0.1, 0.15) is 12.6 Å². The molecule has 4 aromatic carbocycles. The fourth-order valence-corrected chi connectivity index (χ4v) is 7.93. The first-order chi connectivity index (χ1) is 22.6.